The highest BCUT2D eigenvalue weighted by molar-refractivity contribution is 14.1. The molecule has 13 heteroatoms. The third-order valence-electron chi connectivity index (χ3n) is 6.45. The van der Waals surface area contributed by atoms with E-state index in [1.807, 2.05) is 42.4 Å². The molecule has 0 unspecified atom stereocenters. The fraction of sp³-hybridized carbons (Fsp3) is 0.533. The highest BCUT2D eigenvalue weighted by Gasteiger charge is 2.44. The summed E-state index contributed by atoms with van der Waals surface area (Å²) in [5.74, 6) is -1.12. The van der Waals surface area contributed by atoms with Crippen LogP contribution in [0.5, 0.6) is 0 Å². The van der Waals surface area contributed by atoms with E-state index in [-0.39, 0.29) is 12.3 Å². The van der Waals surface area contributed by atoms with E-state index < -0.39 is 45.7 Å². The van der Waals surface area contributed by atoms with Gasteiger partial charge in [0.2, 0.25) is 3.79 Å². The SMILES string of the molecule is CC(/C=C/I)=C\[C@@H]1Cc2nc(cs2)[C@@H](C)C[C@@H](NC(=O)OC(C)(C)C(Cl)(Cl)Cl)CC(=O)O[C@@H](C)C/C(C)=C/C=C\C(=O)O1. The third-order valence-corrected chi connectivity index (χ3v) is 9.07. The summed E-state index contributed by atoms with van der Waals surface area (Å²) in [6.45, 7) is 10.5. The number of esters is 2. The van der Waals surface area contributed by atoms with E-state index in [4.69, 9.17) is 54.0 Å². The number of alkyl halides is 3. The minimum Gasteiger partial charge on any atom is -0.462 e. The summed E-state index contributed by atoms with van der Waals surface area (Å²) in [5.41, 5.74) is 1.20. The molecule has 2 rings (SSSR count). The van der Waals surface area contributed by atoms with Crippen molar-refractivity contribution in [3.8, 4) is 0 Å². The normalized spacial score (nSPS) is 25.8. The fourth-order valence-electron chi connectivity index (χ4n) is 4.14. The van der Waals surface area contributed by atoms with Gasteiger partial charge in [-0.25, -0.2) is 14.6 Å². The van der Waals surface area contributed by atoms with Crippen LogP contribution in [0.25, 0.3) is 0 Å². The maximum Gasteiger partial charge on any atom is 0.408 e. The number of hydrogen-bond donors (Lipinski definition) is 1. The van der Waals surface area contributed by atoms with E-state index in [0.29, 0.717) is 19.3 Å². The van der Waals surface area contributed by atoms with Crippen LogP contribution in [0.15, 0.2) is 51.0 Å². The predicted octanol–water partition coefficient (Wildman–Crippen LogP) is 8.46. The van der Waals surface area contributed by atoms with Crippen molar-refractivity contribution >= 4 is 86.8 Å². The number of thiazole rings is 1. The zero-order valence-electron chi connectivity index (χ0n) is 25.0. The molecule has 1 aliphatic rings. The number of halogens is 4. The van der Waals surface area contributed by atoms with Crippen molar-refractivity contribution in [2.75, 3.05) is 0 Å². The van der Waals surface area contributed by atoms with Crippen LogP contribution in [0.1, 0.15) is 77.4 Å². The fourth-order valence-corrected chi connectivity index (χ4v) is 5.79. The number of cyclic esters (lactones) is 2. The number of carbonyl (C=O) groups excluding carboxylic acids is 3. The standard InChI is InChI=1S/C30H38Cl3IN2O6S/c1-18-8-7-9-26(37)41-23(13-19(2)10-11-34)16-25-36-24(17-43-25)20(3)14-22(15-27(38)40-21(4)12-18)35-28(39)42-29(5,6)30(31,32)33/h7-11,13,17,20-23H,12,14-16H2,1-6H3,(H,35,39)/b9-7-,11-10+,18-8+,19-13+/t20-,21-,22+,23+/m0/s1. The number of nitrogens with zero attached hydrogens (tertiary/aromatic N) is 1. The molecule has 2 bridgehead atoms. The lowest BCUT2D eigenvalue weighted by atomic mass is 9.97. The van der Waals surface area contributed by atoms with Crippen LogP contribution in [0.3, 0.4) is 0 Å². The molecule has 0 aromatic carbocycles. The molecule has 2 heterocycles. The molecule has 1 aromatic rings. The van der Waals surface area contributed by atoms with Crippen LogP contribution in [-0.4, -0.2) is 50.7 Å². The highest BCUT2D eigenvalue weighted by atomic mass is 127. The Morgan fingerprint density at radius 2 is 1.88 bits per heavy atom. The molecule has 0 aliphatic carbocycles. The lowest BCUT2D eigenvalue weighted by Crippen LogP contribution is -2.47. The van der Waals surface area contributed by atoms with Crippen molar-refractivity contribution in [2.45, 2.75) is 101 Å². The average molecular weight is 788 g/mol. The van der Waals surface area contributed by atoms with Gasteiger partial charge in [0.1, 0.15) is 12.2 Å². The van der Waals surface area contributed by atoms with Crippen LogP contribution in [0, 0.1) is 0 Å². The molecule has 1 aromatic heterocycles. The molecule has 0 spiro atoms. The first-order chi connectivity index (χ1) is 20.0. The Labute approximate surface area is 286 Å². The number of rotatable bonds is 4. The van der Waals surface area contributed by atoms with E-state index in [1.165, 1.54) is 31.3 Å². The van der Waals surface area contributed by atoms with Crippen molar-refractivity contribution in [2.24, 2.45) is 0 Å². The van der Waals surface area contributed by atoms with Crippen molar-refractivity contribution in [3.05, 3.63) is 61.7 Å². The van der Waals surface area contributed by atoms with Crippen LogP contribution in [0.2, 0.25) is 0 Å². The van der Waals surface area contributed by atoms with E-state index in [0.717, 1.165) is 21.8 Å². The number of allylic oxidation sites excluding steroid dienone is 4. The largest absolute Gasteiger partial charge is 0.462 e. The van der Waals surface area contributed by atoms with Crippen LogP contribution < -0.4 is 5.32 Å². The van der Waals surface area contributed by atoms with Gasteiger partial charge in [0.05, 0.1) is 17.1 Å². The van der Waals surface area contributed by atoms with Crippen LogP contribution in [-0.2, 0) is 30.2 Å². The minimum absolute atomic E-state index is 0.101. The summed E-state index contributed by atoms with van der Waals surface area (Å²) in [5, 5.41) is 5.45. The summed E-state index contributed by atoms with van der Waals surface area (Å²) in [6.07, 6.45) is 7.89. The van der Waals surface area contributed by atoms with Gasteiger partial charge in [-0.15, -0.1) is 11.3 Å². The maximum absolute atomic E-state index is 12.9. The summed E-state index contributed by atoms with van der Waals surface area (Å²) in [7, 11) is 0. The molecule has 43 heavy (non-hydrogen) atoms. The van der Waals surface area contributed by atoms with Gasteiger partial charge in [-0.1, -0.05) is 93.7 Å². The first kappa shape index (κ1) is 37.6. The molecule has 238 valence electrons. The second-order valence-electron chi connectivity index (χ2n) is 11.0. The van der Waals surface area contributed by atoms with Gasteiger partial charge in [0.15, 0.2) is 5.60 Å². The number of ether oxygens (including phenoxy) is 3. The quantitative estimate of drug-likeness (QED) is 0.107. The first-order valence-electron chi connectivity index (χ1n) is 13.7. The number of nitrogens with one attached hydrogen (secondary N) is 1. The predicted molar refractivity (Wildman–Crippen MR) is 181 cm³/mol. The van der Waals surface area contributed by atoms with Gasteiger partial charge in [0.25, 0.3) is 0 Å². The molecular formula is C30H38Cl3IN2O6S. The zero-order valence-corrected chi connectivity index (χ0v) is 30.2. The number of alkyl carbamates (subject to hydrolysis) is 1. The second kappa shape index (κ2) is 17.2. The Balaban J connectivity index is 2.38. The topological polar surface area (TPSA) is 104 Å². The Hall–Kier alpha value is -1.60. The monoisotopic (exact) mass is 786 g/mol. The molecule has 0 saturated heterocycles. The van der Waals surface area contributed by atoms with Gasteiger partial charge in [-0.2, -0.15) is 0 Å². The lowest BCUT2D eigenvalue weighted by Gasteiger charge is -2.32. The Morgan fingerprint density at radius 3 is 2.53 bits per heavy atom. The average Bonchev–Trinajstić information content (AvgIpc) is 3.30. The second-order valence-corrected chi connectivity index (χ2v) is 14.9. The smallest absolute Gasteiger partial charge is 0.408 e. The van der Waals surface area contributed by atoms with E-state index in [2.05, 4.69) is 27.9 Å². The summed E-state index contributed by atoms with van der Waals surface area (Å²) >= 11 is 21.5. The van der Waals surface area contributed by atoms with Gasteiger partial charge < -0.3 is 19.5 Å². The maximum atomic E-state index is 12.9. The van der Waals surface area contributed by atoms with E-state index in [1.54, 1.807) is 19.1 Å². The number of carbonyl (C=O) groups is 3. The van der Waals surface area contributed by atoms with E-state index >= 15 is 0 Å². The van der Waals surface area contributed by atoms with E-state index in [9.17, 15) is 14.4 Å². The molecule has 1 amide bonds. The van der Waals surface area contributed by atoms with Crippen LogP contribution >= 0.6 is 68.7 Å². The Morgan fingerprint density at radius 1 is 1.19 bits per heavy atom. The third kappa shape index (κ3) is 13.5. The van der Waals surface area contributed by atoms with Gasteiger partial charge in [-0.3, -0.25) is 4.79 Å². The summed E-state index contributed by atoms with van der Waals surface area (Å²) < 4.78 is 16.8. The highest BCUT2D eigenvalue weighted by Crippen LogP contribution is 2.40. The molecule has 4 atom stereocenters. The molecule has 1 aliphatic heterocycles. The number of aromatic nitrogens is 1. The lowest BCUT2D eigenvalue weighted by molar-refractivity contribution is -0.148. The van der Waals surface area contributed by atoms with Crippen molar-refractivity contribution in [1.82, 2.24) is 10.3 Å². The van der Waals surface area contributed by atoms with Crippen molar-refractivity contribution in [1.29, 1.82) is 0 Å². The van der Waals surface area contributed by atoms with Gasteiger partial charge in [0, 0.05) is 36.3 Å². The molecule has 0 fully saturated rings. The minimum atomic E-state index is -1.87. The number of amides is 1. The van der Waals surface area contributed by atoms with Crippen molar-refractivity contribution in [3.63, 3.8) is 0 Å². The molecule has 0 radical (unpaired) electrons. The molecule has 0 saturated carbocycles. The number of hydrogen-bond acceptors (Lipinski definition) is 8. The Bertz CT molecular complexity index is 1250. The summed E-state index contributed by atoms with van der Waals surface area (Å²) in [6, 6.07) is -0.653. The van der Waals surface area contributed by atoms with Gasteiger partial charge >= 0.3 is 18.0 Å². The molecule has 8 nitrogen and oxygen atoms in total. The molecule has 1 N–H and O–H groups in total. The van der Waals surface area contributed by atoms with Gasteiger partial charge in [-0.05, 0) is 51.2 Å². The first-order valence-corrected chi connectivity index (χ1v) is 16.9. The van der Waals surface area contributed by atoms with Crippen molar-refractivity contribution < 1.29 is 28.6 Å². The zero-order chi connectivity index (χ0) is 32.4. The molecular weight excluding hydrogens is 750 g/mol. The van der Waals surface area contributed by atoms with Crippen LogP contribution in [0.4, 0.5) is 4.79 Å². The number of fused-ring (bicyclic) bond motifs is 2. The Kier molecular flexibility index (Phi) is 15.0. The summed E-state index contributed by atoms with van der Waals surface area (Å²) in [4.78, 5) is 43.2.